The molecule has 6 nitrogen and oxygen atoms in total. The van der Waals surface area contributed by atoms with Crippen LogP contribution in [-0.2, 0) is 10.0 Å². The van der Waals surface area contributed by atoms with Gasteiger partial charge in [0, 0.05) is 23.5 Å². The van der Waals surface area contributed by atoms with Gasteiger partial charge in [-0.2, -0.15) is 5.26 Å². The molecule has 0 amide bonds. The Morgan fingerprint density at radius 2 is 1.89 bits per heavy atom. The van der Waals surface area contributed by atoms with Crippen molar-refractivity contribution in [1.82, 2.24) is 4.72 Å². The van der Waals surface area contributed by atoms with Gasteiger partial charge in [0.2, 0.25) is 10.0 Å². The Hall–Kier alpha value is -1.30. The van der Waals surface area contributed by atoms with Crippen LogP contribution in [0.1, 0.15) is 6.42 Å². The molecular formula is C11H13BrN2O4S. The summed E-state index contributed by atoms with van der Waals surface area (Å²) >= 11 is 3.18. The average molecular weight is 349 g/mol. The van der Waals surface area contributed by atoms with E-state index in [2.05, 4.69) is 20.7 Å². The fraction of sp³-hybridized carbons (Fsp3) is 0.364. The van der Waals surface area contributed by atoms with Crippen LogP contribution in [0.3, 0.4) is 0 Å². The van der Waals surface area contributed by atoms with Crippen LogP contribution in [0.15, 0.2) is 21.5 Å². The highest BCUT2D eigenvalue weighted by molar-refractivity contribution is 9.10. The molecule has 0 fully saturated rings. The Morgan fingerprint density at radius 3 is 2.42 bits per heavy atom. The monoisotopic (exact) mass is 348 g/mol. The fourth-order valence-corrected chi connectivity index (χ4v) is 3.43. The highest BCUT2D eigenvalue weighted by atomic mass is 79.9. The number of nitriles is 1. The molecule has 8 heteroatoms. The van der Waals surface area contributed by atoms with Crippen molar-refractivity contribution in [1.29, 1.82) is 5.26 Å². The lowest BCUT2D eigenvalue weighted by atomic mass is 10.3. The molecule has 1 rings (SSSR count). The Balaban J connectivity index is 3.16. The topological polar surface area (TPSA) is 88.4 Å². The van der Waals surface area contributed by atoms with Gasteiger partial charge in [0.15, 0.2) is 11.5 Å². The van der Waals surface area contributed by atoms with Crippen LogP contribution in [0.2, 0.25) is 0 Å². The van der Waals surface area contributed by atoms with Crippen LogP contribution in [-0.4, -0.2) is 29.2 Å². The number of nitrogens with one attached hydrogen (secondary N) is 1. The number of rotatable bonds is 6. The van der Waals surface area contributed by atoms with Crippen LogP contribution < -0.4 is 14.2 Å². The maximum Gasteiger partial charge on any atom is 0.241 e. The summed E-state index contributed by atoms with van der Waals surface area (Å²) in [6.45, 7) is 0.0552. The summed E-state index contributed by atoms with van der Waals surface area (Å²) in [6.07, 6.45) is 0.101. The molecule has 0 unspecified atom stereocenters. The number of ether oxygens (including phenoxy) is 2. The molecule has 1 aromatic rings. The van der Waals surface area contributed by atoms with E-state index in [-0.39, 0.29) is 17.9 Å². The quantitative estimate of drug-likeness (QED) is 0.789. The van der Waals surface area contributed by atoms with Crippen molar-refractivity contribution in [2.75, 3.05) is 20.8 Å². The third-order valence-corrected chi connectivity index (χ3v) is 4.68. The van der Waals surface area contributed by atoms with E-state index in [4.69, 9.17) is 14.7 Å². The van der Waals surface area contributed by atoms with Gasteiger partial charge >= 0.3 is 0 Å². The lowest BCUT2D eigenvalue weighted by Crippen LogP contribution is -2.25. The average Bonchev–Trinajstić information content (AvgIpc) is 2.38. The van der Waals surface area contributed by atoms with Crippen LogP contribution in [0.5, 0.6) is 11.5 Å². The van der Waals surface area contributed by atoms with E-state index in [0.717, 1.165) is 0 Å². The van der Waals surface area contributed by atoms with Gasteiger partial charge in [0.1, 0.15) is 4.90 Å². The molecule has 0 saturated carbocycles. The molecule has 0 aliphatic heterocycles. The first kappa shape index (κ1) is 15.8. The number of hydrogen-bond donors (Lipinski definition) is 1. The summed E-state index contributed by atoms with van der Waals surface area (Å²) in [5.41, 5.74) is 0. The summed E-state index contributed by atoms with van der Waals surface area (Å²) in [4.78, 5) is 0.0306. The summed E-state index contributed by atoms with van der Waals surface area (Å²) in [6, 6.07) is 4.73. The number of benzene rings is 1. The number of halogens is 1. The predicted molar refractivity (Wildman–Crippen MR) is 72.7 cm³/mol. The van der Waals surface area contributed by atoms with Crippen molar-refractivity contribution < 1.29 is 17.9 Å². The third-order valence-electron chi connectivity index (χ3n) is 2.26. The molecule has 0 aliphatic carbocycles. The second kappa shape index (κ2) is 6.75. The first-order valence-corrected chi connectivity index (χ1v) is 7.52. The van der Waals surface area contributed by atoms with Crippen molar-refractivity contribution in [3.63, 3.8) is 0 Å². The summed E-state index contributed by atoms with van der Waals surface area (Å²) < 4.78 is 36.9. The van der Waals surface area contributed by atoms with Gasteiger partial charge in [0.05, 0.1) is 20.3 Å². The molecule has 0 saturated heterocycles. The Bertz CT molecular complexity index is 595. The zero-order valence-corrected chi connectivity index (χ0v) is 12.8. The molecule has 104 valence electrons. The molecule has 19 heavy (non-hydrogen) atoms. The molecule has 0 spiro atoms. The fourth-order valence-electron chi connectivity index (χ4n) is 1.36. The minimum absolute atomic E-state index is 0.0306. The van der Waals surface area contributed by atoms with E-state index in [9.17, 15) is 8.42 Å². The molecule has 0 aliphatic rings. The molecule has 0 aromatic heterocycles. The molecular weight excluding hydrogens is 336 g/mol. The molecule has 0 bridgehead atoms. The smallest absolute Gasteiger partial charge is 0.241 e. The highest BCUT2D eigenvalue weighted by Crippen LogP contribution is 2.35. The van der Waals surface area contributed by atoms with Gasteiger partial charge in [-0.3, -0.25) is 0 Å². The molecule has 1 aromatic carbocycles. The lowest BCUT2D eigenvalue weighted by Gasteiger charge is -2.12. The van der Waals surface area contributed by atoms with Crippen LogP contribution in [0.25, 0.3) is 0 Å². The minimum Gasteiger partial charge on any atom is -0.493 e. The van der Waals surface area contributed by atoms with Crippen molar-refractivity contribution in [2.45, 2.75) is 11.3 Å². The maximum absolute atomic E-state index is 12.0. The number of nitrogens with zero attached hydrogens (tertiary/aromatic N) is 1. The van der Waals surface area contributed by atoms with Crippen molar-refractivity contribution in [3.05, 3.63) is 16.6 Å². The molecule has 0 heterocycles. The normalized spacial score (nSPS) is 10.8. The van der Waals surface area contributed by atoms with Crippen molar-refractivity contribution >= 4 is 26.0 Å². The first-order chi connectivity index (χ1) is 8.96. The SMILES string of the molecule is COc1cc(Br)c(S(=O)(=O)NCCC#N)cc1OC. The van der Waals surface area contributed by atoms with Gasteiger partial charge in [-0.25, -0.2) is 13.1 Å². The molecule has 0 radical (unpaired) electrons. The Morgan fingerprint density at radius 1 is 1.32 bits per heavy atom. The minimum atomic E-state index is -3.70. The lowest BCUT2D eigenvalue weighted by molar-refractivity contribution is 0.353. The Kier molecular flexibility index (Phi) is 5.60. The first-order valence-electron chi connectivity index (χ1n) is 5.24. The highest BCUT2D eigenvalue weighted by Gasteiger charge is 2.20. The van der Waals surface area contributed by atoms with E-state index in [1.54, 1.807) is 0 Å². The van der Waals surface area contributed by atoms with Crippen molar-refractivity contribution in [2.24, 2.45) is 0 Å². The van der Waals surface area contributed by atoms with Crippen LogP contribution in [0.4, 0.5) is 0 Å². The summed E-state index contributed by atoms with van der Waals surface area (Å²) in [5, 5.41) is 8.41. The van der Waals surface area contributed by atoms with Crippen molar-refractivity contribution in [3.8, 4) is 17.6 Å². The van der Waals surface area contributed by atoms with E-state index in [1.165, 1.54) is 26.4 Å². The van der Waals surface area contributed by atoms with E-state index < -0.39 is 10.0 Å². The van der Waals surface area contributed by atoms with E-state index in [0.29, 0.717) is 16.0 Å². The second-order valence-corrected chi connectivity index (χ2v) is 6.03. The molecule has 0 atom stereocenters. The van der Waals surface area contributed by atoms with Gasteiger partial charge in [-0.1, -0.05) is 0 Å². The van der Waals surface area contributed by atoms with Gasteiger partial charge in [0.25, 0.3) is 0 Å². The molecule has 1 N–H and O–H groups in total. The number of sulfonamides is 1. The van der Waals surface area contributed by atoms with Gasteiger partial charge in [-0.15, -0.1) is 0 Å². The third kappa shape index (κ3) is 3.83. The van der Waals surface area contributed by atoms with Gasteiger partial charge < -0.3 is 9.47 Å². The predicted octanol–water partition coefficient (Wildman–Crippen LogP) is 1.66. The van der Waals surface area contributed by atoms with Gasteiger partial charge in [-0.05, 0) is 22.0 Å². The number of methoxy groups -OCH3 is 2. The standard InChI is InChI=1S/C11H13BrN2O4S/c1-17-9-6-8(12)11(7-10(9)18-2)19(15,16)14-5-3-4-13/h6-7,14H,3,5H2,1-2H3. The Labute approximate surface area is 120 Å². The zero-order valence-electron chi connectivity index (χ0n) is 10.4. The van der Waals surface area contributed by atoms with Crippen LogP contribution >= 0.6 is 15.9 Å². The van der Waals surface area contributed by atoms with Crippen LogP contribution in [0, 0.1) is 11.3 Å². The largest absolute Gasteiger partial charge is 0.493 e. The maximum atomic E-state index is 12.0. The summed E-state index contributed by atoms with van der Waals surface area (Å²) in [5.74, 6) is 0.733. The summed E-state index contributed by atoms with van der Waals surface area (Å²) in [7, 11) is -0.820. The van der Waals surface area contributed by atoms with E-state index >= 15 is 0 Å². The number of hydrogen-bond acceptors (Lipinski definition) is 5. The van der Waals surface area contributed by atoms with E-state index in [1.807, 2.05) is 6.07 Å². The zero-order chi connectivity index (χ0) is 14.5. The second-order valence-electron chi connectivity index (χ2n) is 3.44.